The van der Waals surface area contributed by atoms with Crippen LogP contribution >= 0.6 is 0 Å². The summed E-state index contributed by atoms with van der Waals surface area (Å²) in [6.07, 6.45) is 0. The summed E-state index contributed by atoms with van der Waals surface area (Å²) in [5.41, 5.74) is 1.53. The first-order valence-electron chi connectivity index (χ1n) is 4.02. The van der Waals surface area contributed by atoms with Gasteiger partial charge in [0, 0.05) is 0 Å². The van der Waals surface area contributed by atoms with Crippen LogP contribution in [0.3, 0.4) is 0 Å². The van der Waals surface area contributed by atoms with Crippen molar-refractivity contribution in [1.29, 1.82) is 5.26 Å². The van der Waals surface area contributed by atoms with Crippen LogP contribution in [-0.4, -0.2) is 18.3 Å². The molecule has 0 fully saturated rings. The molecule has 0 aliphatic heterocycles. The minimum atomic E-state index is -0.000554. The summed E-state index contributed by atoms with van der Waals surface area (Å²) in [4.78, 5) is 0. The van der Waals surface area contributed by atoms with Gasteiger partial charge in [0.05, 0.1) is 18.2 Å². The van der Waals surface area contributed by atoms with Crippen LogP contribution < -0.4 is 4.74 Å². The molecule has 1 aromatic carbocycles. The van der Waals surface area contributed by atoms with Crippen molar-refractivity contribution < 1.29 is 9.84 Å². The van der Waals surface area contributed by atoms with Crippen LogP contribution in [-0.2, 0) is 0 Å². The van der Waals surface area contributed by atoms with E-state index < -0.39 is 0 Å². The average molecular weight is 177 g/mol. The van der Waals surface area contributed by atoms with Crippen molar-refractivity contribution in [1.82, 2.24) is 0 Å². The van der Waals surface area contributed by atoms with Crippen molar-refractivity contribution in [2.45, 2.75) is 6.92 Å². The Bertz CT molecular complexity index is 328. The predicted octanol–water partition coefficient (Wildman–Crippen LogP) is 1.24. The Kier molecular flexibility index (Phi) is 3.30. The topological polar surface area (TPSA) is 53.2 Å². The summed E-state index contributed by atoms with van der Waals surface area (Å²) in [5.74, 6) is 0.716. The molecule has 0 saturated heterocycles. The summed E-state index contributed by atoms with van der Waals surface area (Å²) >= 11 is 0. The van der Waals surface area contributed by atoms with Gasteiger partial charge in [0.15, 0.2) is 0 Å². The van der Waals surface area contributed by atoms with Gasteiger partial charge in [-0.3, -0.25) is 0 Å². The maximum absolute atomic E-state index is 8.60. The summed E-state index contributed by atoms with van der Waals surface area (Å²) in [6, 6.07) is 7.24. The van der Waals surface area contributed by atoms with Crippen LogP contribution in [0.1, 0.15) is 11.1 Å². The van der Waals surface area contributed by atoms with E-state index in [9.17, 15) is 0 Å². The molecular formula is C10H11NO2. The maximum atomic E-state index is 8.60. The van der Waals surface area contributed by atoms with Gasteiger partial charge in [-0.05, 0) is 30.7 Å². The van der Waals surface area contributed by atoms with Crippen molar-refractivity contribution in [2.75, 3.05) is 13.2 Å². The van der Waals surface area contributed by atoms with Gasteiger partial charge in [-0.1, -0.05) is 0 Å². The molecule has 3 nitrogen and oxygen atoms in total. The van der Waals surface area contributed by atoms with Gasteiger partial charge >= 0.3 is 0 Å². The van der Waals surface area contributed by atoms with Gasteiger partial charge in [-0.2, -0.15) is 5.26 Å². The Morgan fingerprint density at radius 3 is 2.85 bits per heavy atom. The summed E-state index contributed by atoms with van der Waals surface area (Å²) in [5, 5.41) is 17.1. The van der Waals surface area contributed by atoms with Gasteiger partial charge in [0.1, 0.15) is 12.4 Å². The van der Waals surface area contributed by atoms with Crippen molar-refractivity contribution in [2.24, 2.45) is 0 Å². The van der Waals surface area contributed by atoms with Crippen LogP contribution in [0.25, 0.3) is 0 Å². The molecule has 0 saturated carbocycles. The lowest BCUT2D eigenvalue weighted by atomic mass is 10.1. The second kappa shape index (κ2) is 4.48. The van der Waals surface area contributed by atoms with Gasteiger partial charge < -0.3 is 9.84 Å². The molecule has 3 heteroatoms. The lowest BCUT2D eigenvalue weighted by molar-refractivity contribution is 0.200. The lowest BCUT2D eigenvalue weighted by Gasteiger charge is -2.06. The molecule has 0 aromatic heterocycles. The number of benzene rings is 1. The third-order valence-electron chi connectivity index (χ3n) is 1.65. The number of aliphatic hydroxyl groups is 1. The zero-order valence-corrected chi connectivity index (χ0v) is 7.45. The standard InChI is InChI=1S/C10H11NO2/c1-8-6-9(7-11)2-3-10(8)13-5-4-12/h2-3,6,12H,4-5H2,1H3. The van der Waals surface area contributed by atoms with Crippen LogP contribution in [0.4, 0.5) is 0 Å². The Labute approximate surface area is 77.2 Å². The minimum absolute atomic E-state index is 0.000554. The molecule has 68 valence electrons. The molecule has 0 radical (unpaired) electrons. The van der Waals surface area contributed by atoms with Gasteiger partial charge in [0.25, 0.3) is 0 Å². The quantitative estimate of drug-likeness (QED) is 0.755. The van der Waals surface area contributed by atoms with E-state index in [1.165, 1.54) is 0 Å². The number of aryl methyl sites for hydroxylation is 1. The van der Waals surface area contributed by atoms with Crippen molar-refractivity contribution in [3.63, 3.8) is 0 Å². The Hall–Kier alpha value is -1.53. The highest BCUT2D eigenvalue weighted by molar-refractivity contribution is 5.41. The summed E-state index contributed by atoms with van der Waals surface area (Å²) < 4.78 is 5.23. The normalized spacial score (nSPS) is 9.31. The second-order valence-corrected chi connectivity index (χ2v) is 2.66. The maximum Gasteiger partial charge on any atom is 0.122 e. The molecule has 0 heterocycles. The summed E-state index contributed by atoms with van der Waals surface area (Å²) in [6.45, 7) is 2.15. The van der Waals surface area contributed by atoms with E-state index in [0.717, 1.165) is 5.56 Å². The largest absolute Gasteiger partial charge is 0.491 e. The third-order valence-corrected chi connectivity index (χ3v) is 1.65. The number of aliphatic hydroxyl groups excluding tert-OH is 1. The number of hydrogen-bond donors (Lipinski definition) is 1. The first-order valence-corrected chi connectivity index (χ1v) is 4.02. The number of ether oxygens (including phenoxy) is 1. The molecule has 0 aliphatic carbocycles. The highest BCUT2D eigenvalue weighted by Gasteiger charge is 1.99. The highest BCUT2D eigenvalue weighted by Crippen LogP contribution is 2.18. The first kappa shape index (κ1) is 9.56. The molecule has 1 rings (SSSR count). The zero-order valence-electron chi connectivity index (χ0n) is 7.45. The van der Waals surface area contributed by atoms with Gasteiger partial charge in [0.2, 0.25) is 0 Å². The molecule has 13 heavy (non-hydrogen) atoms. The molecule has 0 unspecified atom stereocenters. The van der Waals surface area contributed by atoms with E-state index in [-0.39, 0.29) is 13.2 Å². The zero-order chi connectivity index (χ0) is 9.68. The molecule has 0 bridgehead atoms. The fraction of sp³-hybridized carbons (Fsp3) is 0.300. The fourth-order valence-electron chi connectivity index (χ4n) is 1.04. The molecule has 0 aliphatic rings. The van der Waals surface area contributed by atoms with Crippen LogP contribution in [0, 0.1) is 18.3 Å². The molecular weight excluding hydrogens is 166 g/mol. The van der Waals surface area contributed by atoms with Gasteiger partial charge in [-0.25, -0.2) is 0 Å². The van der Waals surface area contributed by atoms with E-state index in [0.29, 0.717) is 11.3 Å². The van der Waals surface area contributed by atoms with E-state index in [2.05, 4.69) is 0 Å². The van der Waals surface area contributed by atoms with Crippen LogP contribution in [0.2, 0.25) is 0 Å². The monoisotopic (exact) mass is 177 g/mol. The predicted molar refractivity (Wildman–Crippen MR) is 48.5 cm³/mol. The fourth-order valence-corrected chi connectivity index (χ4v) is 1.04. The molecule has 0 atom stereocenters. The highest BCUT2D eigenvalue weighted by atomic mass is 16.5. The SMILES string of the molecule is Cc1cc(C#N)ccc1OCCO. The van der Waals surface area contributed by atoms with Crippen LogP contribution in [0.15, 0.2) is 18.2 Å². The Morgan fingerprint density at radius 2 is 2.31 bits per heavy atom. The number of nitrogens with zero attached hydrogens (tertiary/aromatic N) is 1. The van der Waals surface area contributed by atoms with E-state index >= 15 is 0 Å². The van der Waals surface area contributed by atoms with Crippen molar-refractivity contribution >= 4 is 0 Å². The molecule has 1 N–H and O–H groups in total. The first-order chi connectivity index (χ1) is 6.27. The smallest absolute Gasteiger partial charge is 0.122 e. The van der Waals surface area contributed by atoms with E-state index in [4.69, 9.17) is 15.1 Å². The molecule has 0 amide bonds. The Balaban J connectivity index is 2.81. The molecule has 1 aromatic rings. The minimum Gasteiger partial charge on any atom is -0.491 e. The average Bonchev–Trinajstić information content (AvgIpc) is 2.16. The number of nitriles is 1. The number of rotatable bonds is 3. The summed E-state index contributed by atoms with van der Waals surface area (Å²) in [7, 11) is 0. The second-order valence-electron chi connectivity index (χ2n) is 2.66. The van der Waals surface area contributed by atoms with Crippen LogP contribution in [0.5, 0.6) is 5.75 Å². The third kappa shape index (κ3) is 2.46. The Morgan fingerprint density at radius 1 is 1.54 bits per heavy atom. The van der Waals surface area contributed by atoms with Crippen molar-refractivity contribution in [3.05, 3.63) is 29.3 Å². The number of hydrogen-bond acceptors (Lipinski definition) is 3. The van der Waals surface area contributed by atoms with E-state index in [1.54, 1.807) is 18.2 Å². The van der Waals surface area contributed by atoms with E-state index in [1.807, 2.05) is 13.0 Å². The van der Waals surface area contributed by atoms with Crippen molar-refractivity contribution in [3.8, 4) is 11.8 Å². The van der Waals surface area contributed by atoms with Gasteiger partial charge in [-0.15, -0.1) is 0 Å². The molecule has 0 spiro atoms. The lowest BCUT2D eigenvalue weighted by Crippen LogP contribution is -2.02.